The maximum Gasteiger partial charge on any atom is 0.469 e. The zero-order chi connectivity index (χ0) is 40.8. The minimum absolute atomic E-state index is 0.0826. The van der Waals surface area contributed by atoms with E-state index in [4.69, 9.17) is 19.3 Å². The molecule has 0 aromatic heterocycles. The third-order valence-corrected chi connectivity index (χ3v) is 8.74. The number of unbranched alkanes of at least 4 members (excludes halogenated alkanes) is 9. The number of ether oxygens (including phenoxy) is 2. The van der Waals surface area contributed by atoms with Gasteiger partial charge in [-0.2, -0.15) is 0 Å². The third kappa shape index (κ3) is 37.8. The van der Waals surface area contributed by atoms with Crippen LogP contribution in [0.2, 0.25) is 0 Å². The molecule has 0 fully saturated rings. The highest BCUT2D eigenvalue weighted by Gasteiger charge is 2.23. The number of carbonyl (C=O) groups is 2. The summed E-state index contributed by atoms with van der Waals surface area (Å²) in [6.45, 7) is 3.23. The molecule has 0 aliphatic carbocycles. The lowest BCUT2D eigenvalue weighted by Crippen LogP contribution is -2.29. The standard InChI is InChI=1S/C43H71O11P/c1-3-5-7-8-9-10-11-12-13-14-15-16-17-18-19-24-28-34-42(47)52-36-39(37-53-55(49,50)51)54-43(48)35-29-33-41(46)40(45)32-27-23-21-20-22-26-31-38(44)30-25-6-4-2/h9-10,12-13,15-16,20-23,26-27,31-32,38-41,44-46H,3-8,11,14,17-19,24-25,28-30,33-37H2,1-2H3,(H2,49,50,51)/b10-9-,13-12-,16-15-,22-20-,23-21+,31-26+,32-27+/t38-,39+,40-,41-/m0/s1. The number of allylic oxidation sites excluding steroid dienone is 12. The van der Waals surface area contributed by atoms with Crippen LogP contribution in [-0.4, -0.2) is 74.7 Å². The smallest absolute Gasteiger partial charge is 0.462 e. The normalized spacial score (nSPS) is 15.1. The van der Waals surface area contributed by atoms with Gasteiger partial charge in [-0.1, -0.05) is 144 Å². The lowest BCUT2D eigenvalue weighted by atomic mass is 10.1. The molecule has 0 saturated heterocycles. The quantitative estimate of drug-likeness (QED) is 0.0136. The maximum absolute atomic E-state index is 12.4. The number of phosphoric ester groups is 1. The van der Waals surface area contributed by atoms with Crippen LogP contribution in [0.5, 0.6) is 0 Å². The van der Waals surface area contributed by atoms with Gasteiger partial charge in [0.2, 0.25) is 0 Å². The van der Waals surface area contributed by atoms with Crippen LogP contribution in [0, 0.1) is 0 Å². The van der Waals surface area contributed by atoms with Crippen molar-refractivity contribution >= 4 is 19.8 Å². The molecule has 0 bridgehead atoms. The van der Waals surface area contributed by atoms with Crippen molar-refractivity contribution < 1.29 is 53.3 Å². The number of rotatable bonds is 35. The number of hydrogen-bond donors (Lipinski definition) is 5. The van der Waals surface area contributed by atoms with Gasteiger partial charge in [0.25, 0.3) is 0 Å². The van der Waals surface area contributed by atoms with E-state index in [0.717, 1.165) is 70.6 Å². The molecule has 0 heterocycles. The molecule has 0 aliphatic rings. The van der Waals surface area contributed by atoms with Crippen LogP contribution in [0.1, 0.15) is 136 Å². The van der Waals surface area contributed by atoms with Gasteiger partial charge in [0.15, 0.2) is 6.10 Å². The second-order valence-electron chi connectivity index (χ2n) is 13.5. The fourth-order valence-corrected chi connectivity index (χ4v) is 5.42. The summed E-state index contributed by atoms with van der Waals surface area (Å²) in [6, 6.07) is 0. The van der Waals surface area contributed by atoms with Crippen molar-refractivity contribution in [1.82, 2.24) is 0 Å². The average Bonchev–Trinajstić information content (AvgIpc) is 3.14. The van der Waals surface area contributed by atoms with E-state index in [2.05, 4.69) is 54.8 Å². The molecule has 0 amide bonds. The molecule has 5 N–H and O–H groups in total. The molecule has 0 unspecified atom stereocenters. The van der Waals surface area contributed by atoms with Crippen LogP contribution in [0.4, 0.5) is 0 Å². The number of phosphoric acid groups is 1. The lowest BCUT2D eigenvalue weighted by Gasteiger charge is -2.19. The number of aliphatic hydroxyl groups excluding tert-OH is 3. The predicted molar refractivity (Wildman–Crippen MR) is 220 cm³/mol. The van der Waals surface area contributed by atoms with Crippen molar-refractivity contribution in [3.8, 4) is 0 Å². The summed E-state index contributed by atoms with van der Waals surface area (Å²) in [4.78, 5) is 42.8. The average molecular weight is 795 g/mol. The van der Waals surface area contributed by atoms with E-state index in [1.807, 2.05) is 0 Å². The molecule has 314 valence electrons. The SMILES string of the molecule is CCCCC/C=C\C/C=C\C/C=C\CCCCCCC(=O)OC[C@H](COP(=O)(O)O)OC(=O)CCC[C@H](O)[C@@H](O)/C=C/C=C/C=C\C=C\[C@@H](O)CCCCC. The van der Waals surface area contributed by atoms with E-state index in [-0.39, 0.29) is 25.7 Å². The molecule has 0 aromatic carbocycles. The molecule has 0 aliphatic heterocycles. The predicted octanol–water partition coefficient (Wildman–Crippen LogP) is 8.98. The Bertz CT molecular complexity index is 1210. The highest BCUT2D eigenvalue weighted by molar-refractivity contribution is 7.46. The van der Waals surface area contributed by atoms with Gasteiger partial charge >= 0.3 is 19.8 Å². The molecular weight excluding hydrogens is 723 g/mol. The van der Waals surface area contributed by atoms with Gasteiger partial charge in [0, 0.05) is 12.8 Å². The molecule has 0 rings (SSSR count). The molecule has 11 nitrogen and oxygen atoms in total. The Morgan fingerprint density at radius 3 is 1.78 bits per heavy atom. The zero-order valence-electron chi connectivity index (χ0n) is 33.4. The Labute approximate surface area is 330 Å². The van der Waals surface area contributed by atoms with Gasteiger partial charge in [-0.25, -0.2) is 4.57 Å². The fourth-order valence-electron chi connectivity index (χ4n) is 5.06. The highest BCUT2D eigenvalue weighted by atomic mass is 31.2. The first-order chi connectivity index (χ1) is 26.5. The Hall–Kier alpha value is -2.89. The molecule has 0 spiro atoms. The van der Waals surface area contributed by atoms with Gasteiger partial charge in [0.05, 0.1) is 24.9 Å². The molecule has 12 heteroatoms. The van der Waals surface area contributed by atoms with Gasteiger partial charge < -0.3 is 34.6 Å². The number of aliphatic hydroxyl groups is 3. The minimum Gasteiger partial charge on any atom is -0.462 e. The first-order valence-corrected chi connectivity index (χ1v) is 21.7. The number of carbonyl (C=O) groups excluding carboxylic acids is 2. The molecule has 0 radical (unpaired) electrons. The van der Waals surface area contributed by atoms with E-state index in [1.54, 1.807) is 42.5 Å². The van der Waals surface area contributed by atoms with Crippen LogP contribution >= 0.6 is 7.82 Å². The summed E-state index contributed by atoms with van der Waals surface area (Å²) >= 11 is 0. The first-order valence-electron chi connectivity index (χ1n) is 20.2. The van der Waals surface area contributed by atoms with Crippen LogP contribution in [-0.2, 0) is 28.2 Å². The van der Waals surface area contributed by atoms with Gasteiger partial charge in [-0.15, -0.1) is 0 Å². The van der Waals surface area contributed by atoms with Crippen molar-refractivity contribution in [2.24, 2.45) is 0 Å². The zero-order valence-corrected chi connectivity index (χ0v) is 34.3. The van der Waals surface area contributed by atoms with Crippen molar-refractivity contribution in [2.45, 2.75) is 160 Å². The van der Waals surface area contributed by atoms with Crippen molar-refractivity contribution in [3.63, 3.8) is 0 Å². The molecule has 4 atom stereocenters. The monoisotopic (exact) mass is 794 g/mol. The van der Waals surface area contributed by atoms with E-state index >= 15 is 0 Å². The molecular formula is C43H71O11P. The molecule has 0 saturated carbocycles. The summed E-state index contributed by atoms with van der Waals surface area (Å²) in [5, 5.41) is 30.3. The van der Waals surface area contributed by atoms with Crippen LogP contribution in [0.3, 0.4) is 0 Å². The Morgan fingerprint density at radius 1 is 0.600 bits per heavy atom. The minimum atomic E-state index is -4.86. The number of esters is 2. The van der Waals surface area contributed by atoms with Crippen molar-refractivity contribution in [3.05, 3.63) is 85.1 Å². The Kier molecular flexibility index (Phi) is 34.8. The van der Waals surface area contributed by atoms with Crippen molar-refractivity contribution in [2.75, 3.05) is 13.2 Å². The van der Waals surface area contributed by atoms with Gasteiger partial charge in [0.1, 0.15) is 6.61 Å². The lowest BCUT2D eigenvalue weighted by molar-refractivity contribution is -0.161. The molecule has 0 aromatic rings. The van der Waals surface area contributed by atoms with Gasteiger partial charge in [-0.05, 0) is 64.2 Å². The van der Waals surface area contributed by atoms with Crippen LogP contribution < -0.4 is 0 Å². The summed E-state index contributed by atoms with van der Waals surface area (Å²) in [5.74, 6) is -1.25. The summed E-state index contributed by atoms with van der Waals surface area (Å²) in [6.07, 6.45) is 38.1. The summed E-state index contributed by atoms with van der Waals surface area (Å²) in [7, 11) is -4.86. The van der Waals surface area contributed by atoms with Gasteiger partial charge in [-0.3, -0.25) is 14.1 Å². The van der Waals surface area contributed by atoms with Crippen LogP contribution in [0.25, 0.3) is 0 Å². The first kappa shape index (κ1) is 52.1. The third-order valence-electron chi connectivity index (χ3n) is 8.25. The van der Waals surface area contributed by atoms with E-state index < -0.39 is 57.4 Å². The van der Waals surface area contributed by atoms with E-state index in [1.165, 1.54) is 25.3 Å². The topological polar surface area (TPSA) is 180 Å². The fraction of sp³-hybridized carbons (Fsp3) is 0.628. The maximum atomic E-state index is 12.4. The number of hydrogen-bond acceptors (Lipinski definition) is 9. The van der Waals surface area contributed by atoms with Crippen LogP contribution in [0.15, 0.2) is 85.1 Å². The summed E-state index contributed by atoms with van der Waals surface area (Å²) in [5.41, 5.74) is 0. The molecule has 55 heavy (non-hydrogen) atoms. The Balaban J connectivity index is 4.35. The second kappa shape index (κ2) is 36.7. The Morgan fingerprint density at radius 2 is 1.15 bits per heavy atom. The van der Waals surface area contributed by atoms with E-state index in [0.29, 0.717) is 6.42 Å². The second-order valence-corrected chi connectivity index (χ2v) is 14.7. The largest absolute Gasteiger partial charge is 0.469 e. The van der Waals surface area contributed by atoms with Crippen molar-refractivity contribution in [1.29, 1.82) is 0 Å². The van der Waals surface area contributed by atoms with E-state index in [9.17, 15) is 29.5 Å². The summed E-state index contributed by atoms with van der Waals surface area (Å²) < 4.78 is 26.1. The highest BCUT2D eigenvalue weighted by Crippen LogP contribution is 2.36.